The Morgan fingerprint density at radius 2 is 1.95 bits per heavy atom. The predicted molar refractivity (Wildman–Crippen MR) is 147 cm³/mol. The third-order valence-electron chi connectivity index (χ3n) is 5.49. The number of carbonyl (C=O) groups is 2. The highest BCUT2D eigenvalue weighted by atomic mass is 35.5. The van der Waals surface area contributed by atoms with Gasteiger partial charge < -0.3 is 9.47 Å². The maximum absolute atomic E-state index is 12.6. The zero-order valence-corrected chi connectivity index (χ0v) is 23.1. The minimum Gasteiger partial charge on any atom is -0.484 e. The van der Waals surface area contributed by atoms with E-state index in [9.17, 15) is 9.59 Å². The monoisotopic (exact) mass is 524 g/mol. The summed E-state index contributed by atoms with van der Waals surface area (Å²) in [6, 6.07) is 10.0. The summed E-state index contributed by atoms with van der Waals surface area (Å²) in [6.45, 7) is 9.71. The molecule has 0 radical (unpaired) electrons. The minimum atomic E-state index is -0.753. The van der Waals surface area contributed by atoms with Crippen LogP contribution in [-0.4, -0.2) is 32.0 Å². The van der Waals surface area contributed by atoms with Gasteiger partial charge in [-0.15, -0.1) is 0 Å². The maximum Gasteiger partial charge on any atom is 0.328 e. The first kappa shape index (κ1) is 29.4. The van der Waals surface area contributed by atoms with Gasteiger partial charge in [-0.3, -0.25) is 15.0 Å². The summed E-state index contributed by atoms with van der Waals surface area (Å²) in [5.41, 5.74) is 2.83. The van der Waals surface area contributed by atoms with Gasteiger partial charge in [-0.25, -0.2) is 9.79 Å². The number of hydrogen-bond donors (Lipinski definition) is 1. The van der Waals surface area contributed by atoms with Gasteiger partial charge in [0.2, 0.25) is 0 Å². The van der Waals surface area contributed by atoms with E-state index < -0.39 is 11.9 Å². The highest BCUT2D eigenvalue weighted by Crippen LogP contribution is 2.38. The number of nitriles is 1. The maximum atomic E-state index is 12.6. The number of amides is 3. The average Bonchev–Trinajstić information content (AvgIpc) is 2.86. The number of aryl methyl sites for hydroxylation is 2. The molecule has 0 atom stereocenters. The Bertz CT molecular complexity index is 1260. The van der Waals surface area contributed by atoms with Gasteiger partial charge in [0.15, 0.2) is 5.90 Å². The number of nitrogens with zero attached hydrogens (tertiary/aromatic N) is 3. The van der Waals surface area contributed by atoms with Crippen molar-refractivity contribution in [3.8, 4) is 17.6 Å². The van der Waals surface area contributed by atoms with E-state index in [0.29, 0.717) is 40.9 Å². The van der Waals surface area contributed by atoms with E-state index in [1.54, 1.807) is 32.2 Å². The standard InChI is InChI=1S/C28H33ClN4O4/c1-8-10-20(16-30)26(34)32-28(35)33(6)21-14-19(9-2)25(23(29)15-21)37-22-11-12-24(18(5)13-22)31-27(36-7)17(3)4/h10-15,17H,8-9H2,1-7H3,(H,32,34,35)/b20-10+,31-27?. The SMILES string of the molecule is CC/C=C(\C#N)C(=O)NC(=O)N(C)c1cc(Cl)c(Oc2ccc(N=C(OC)C(C)C)c(C)c2)c(CC)c1. The van der Waals surface area contributed by atoms with Crippen molar-refractivity contribution < 1.29 is 19.1 Å². The van der Waals surface area contributed by atoms with Crippen LogP contribution < -0.4 is 15.0 Å². The van der Waals surface area contributed by atoms with Gasteiger partial charge >= 0.3 is 6.03 Å². The van der Waals surface area contributed by atoms with E-state index in [1.807, 2.05) is 45.9 Å². The number of hydrogen-bond acceptors (Lipinski definition) is 6. The van der Waals surface area contributed by atoms with E-state index in [4.69, 9.17) is 26.3 Å². The Labute approximate surface area is 223 Å². The number of nitrogens with one attached hydrogen (secondary N) is 1. The molecule has 0 bridgehead atoms. The first-order chi connectivity index (χ1) is 17.6. The molecule has 8 nitrogen and oxygen atoms in total. The van der Waals surface area contributed by atoms with Crippen LogP contribution >= 0.6 is 11.6 Å². The van der Waals surface area contributed by atoms with Crippen LogP contribution in [0.25, 0.3) is 0 Å². The van der Waals surface area contributed by atoms with Crippen molar-refractivity contribution in [2.24, 2.45) is 10.9 Å². The fourth-order valence-corrected chi connectivity index (χ4v) is 3.70. The summed E-state index contributed by atoms with van der Waals surface area (Å²) < 4.78 is 11.5. The molecule has 2 aromatic carbocycles. The largest absolute Gasteiger partial charge is 0.484 e. The molecular formula is C28H33ClN4O4. The Kier molecular flexibility index (Phi) is 10.7. The van der Waals surface area contributed by atoms with Gasteiger partial charge in [-0.2, -0.15) is 5.26 Å². The molecule has 0 unspecified atom stereocenters. The predicted octanol–water partition coefficient (Wildman–Crippen LogP) is 6.87. The van der Waals surface area contributed by atoms with E-state index in [0.717, 1.165) is 16.8 Å². The lowest BCUT2D eigenvalue weighted by molar-refractivity contribution is -0.116. The Balaban J connectivity index is 2.30. The van der Waals surface area contributed by atoms with E-state index in [-0.39, 0.29) is 11.5 Å². The first-order valence-corrected chi connectivity index (χ1v) is 12.4. The van der Waals surface area contributed by atoms with Gasteiger partial charge in [0.05, 0.1) is 17.8 Å². The molecule has 9 heteroatoms. The smallest absolute Gasteiger partial charge is 0.328 e. The quantitative estimate of drug-likeness (QED) is 0.175. The number of urea groups is 1. The topological polar surface area (TPSA) is 104 Å². The molecule has 0 aromatic heterocycles. The third-order valence-corrected chi connectivity index (χ3v) is 5.77. The molecule has 37 heavy (non-hydrogen) atoms. The van der Waals surface area contributed by atoms with Crippen LogP contribution in [-0.2, 0) is 16.0 Å². The molecule has 0 aliphatic rings. The Morgan fingerprint density at radius 3 is 2.49 bits per heavy atom. The first-order valence-electron chi connectivity index (χ1n) is 12.0. The highest BCUT2D eigenvalue weighted by molar-refractivity contribution is 6.32. The number of rotatable bonds is 8. The second kappa shape index (κ2) is 13.5. The van der Waals surface area contributed by atoms with Gasteiger partial charge in [0, 0.05) is 18.7 Å². The molecule has 0 saturated heterocycles. The molecule has 2 rings (SSSR count). The van der Waals surface area contributed by atoms with Crippen LogP contribution in [0.5, 0.6) is 11.5 Å². The number of anilines is 1. The van der Waals surface area contributed by atoms with Crippen LogP contribution in [0.15, 0.2) is 47.0 Å². The number of imide groups is 1. The molecule has 3 amide bonds. The summed E-state index contributed by atoms with van der Waals surface area (Å²) in [6.07, 6.45) is 2.54. The second-order valence-electron chi connectivity index (χ2n) is 8.58. The summed E-state index contributed by atoms with van der Waals surface area (Å²) in [5, 5.41) is 11.6. The van der Waals surface area contributed by atoms with Crippen LogP contribution in [0.1, 0.15) is 45.2 Å². The minimum absolute atomic E-state index is 0.116. The molecule has 0 aliphatic heterocycles. The number of halogens is 1. The van der Waals surface area contributed by atoms with E-state index >= 15 is 0 Å². The third kappa shape index (κ3) is 7.58. The molecule has 196 valence electrons. The summed E-state index contributed by atoms with van der Waals surface area (Å²) in [7, 11) is 3.12. The number of ether oxygens (including phenoxy) is 2. The van der Waals surface area contributed by atoms with Gasteiger partial charge in [-0.05, 0) is 61.2 Å². The normalized spacial score (nSPS) is 11.7. The molecule has 0 fully saturated rings. The molecule has 0 aliphatic carbocycles. The van der Waals surface area contributed by atoms with Crippen molar-refractivity contribution in [3.05, 3.63) is 58.1 Å². The Hall–Kier alpha value is -3.83. The van der Waals surface area contributed by atoms with Crippen molar-refractivity contribution in [1.29, 1.82) is 5.26 Å². The molecule has 2 aromatic rings. The van der Waals surface area contributed by atoms with Crippen molar-refractivity contribution >= 4 is 40.8 Å². The van der Waals surface area contributed by atoms with Crippen molar-refractivity contribution in [2.75, 3.05) is 19.1 Å². The van der Waals surface area contributed by atoms with Gasteiger partial charge in [0.25, 0.3) is 5.91 Å². The highest BCUT2D eigenvalue weighted by Gasteiger charge is 2.20. The Morgan fingerprint density at radius 1 is 1.24 bits per heavy atom. The zero-order valence-electron chi connectivity index (χ0n) is 22.3. The van der Waals surface area contributed by atoms with Crippen LogP contribution in [0.3, 0.4) is 0 Å². The van der Waals surface area contributed by atoms with Crippen molar-refractivity contribution in [3.63, 3.8) is 0 Å². The lowest BCUT2D eigenvalue weighted by atomic mass is 10.1. The summed E-state index contributed by atoms with van der Waals surface area (Å²) in [5.74, 6) is 1.11. The van der Waals surface area contributed by atoms with Crippen molar-refractivity contribution in [1.82, 2.24) is 5.32 Å². The van der Waals surface area contributed by atoms with Gasteiger partial charge in [-0.1, -0.05) is 45.4 Å². The van der Waals surface area contributed by atoms with E-state index in [2.05, 4.69) is 10.3 Å². The van der Waals surface area contributed by atoms with Crippen molar-refractivity contribution in [2.45, 2.75) is 47.5 Å². The molecular weight excluding hydrogens is 492 g/mol. The number of methoxy groups -OCH3 is 1. The number of carbonyl (C=O) groups excluding carboxylic acids is 2. The molecule has 1 N–H and O–H groups in total. The average molecular weight is 525 g/mol. The lowest BCUT2D eigenvalue weighted by Gasteiger charge is -2.21. The van der Waals surface area contributed by atoms with Crippen LogP contribution in [0.2, 0.25) is 5.02 Å². The summed E-state index contributed by atoms with van der Waals surface area (Å²) >= 11 is 6.58. The van der Waals surface area contributed by atoms with Crippen LogP contribution in [0.4, 0.5) is 16.2 Å². The molecule has 0 heterocycles. The second-order valence-corrected chi connectivity index (χ2v) is 8.99. The van der Waals surface area contributed by atoms with Gasteiger partial charge in [0.1, 0.15) is 23.1 Å². The zero-order chi connectivity index (χ0) is 27.7. The molecule has 0 saturated carbocycles. The number of benzene rings is 2. The van der Waals surface area contributed by atoms with E-state index in [1.165, 1.54) is 18.0 Å². The lowest BCUT2D eigenvalue weighted by Crippen LogP contribution is -2.41. The number of aliphatic imine (C=N–C) groups is 1. The number of allylic oxidation sites excluding steroid dienone is 1. The van der Waals surface area contributed by atoms with Crippen LogP contribution in [0, 0.1) is 24.2 Å². The molecule has 0 spiro atoms. The fourth-order valence-electron chi connectivity index (χ4n) is 3.43. The summed E-state index contributed by atoms with van der Waals surface area (Å²) in [4.78, 5) is 30.7. The fraction of sp³-hybridized carbons (Fsp3) is 0.357.